The van der Waals surface area contributed by atoms with Crippen LogP contribution in [0.25, 0.3) is 0 Å². The predicted octanol–water partition coefficient (Wildman–Crippen LogP) is 2.28. The number of fused-ring (bicyclic) bond motifs is 1. The zero-order valence-electron chi connectivity index (χ0n) is 16.6. The van der Waals surface area contributed by atoms with Gasteiger partial charge < -0.3 is 15.5 Å². The molecule has 3 heterocycles. The van der Waals surface area contributed by atoms with E-state index in [0.717, 1.165) is 47.7 Å². The zero-order chi connectivity index (χ0) is 20.0. The Morgan fingerprint density at radius 1 is 1.21 bits per heavy atom. The lowest BCUT2D eigenvalue weighted by Gasteiger charge is -2.29. The third-order valence-electron chi connectivity index (χ3n) is 5.80. The smallest absolute Gasteiger partial charge is 0.292 e. The maximum atomic E-state index is 14.4. The maximum absolute atomic E-state index is 14.4. The van der Waals surface area contributed by atoms with Crippen LogP contribution >= 0.6 is 0 Å². The number of anilines is 1. The van der Waals surface area contributed by atoms with E-state index in [-0.39, 0.29) is 30.1 Å². The van der Waals surface area contributed by atoms with Gasteiger partial charge in [-0.15, -0.1) is 0 Å². The third kappa shape index (κ3) is 3.35. The largest absolute Gasteiger partial charge is 0.355 e. The molecular formula is C21H26FN5O. The van der Waals surface area contributed by atoms with Gasteiger partial charge in [0, 0.05) is 49.0 Å². The molecule has 1 aromatic heterocycles. The summed E-state index contributed by atoms with van der Waals surface area (Å²) in [5.41, 5.74) is 10.3. The normalized spacial score (nSPS) is 19.1. The van der Waals surface area contributed by atoms with Gasteiger partial charge in [-0.1, -0.05) is 6.07 Å². The summed E-state index contributed by atoms with van der Waals surface area (Å²) in [5.74, 6) is 0.455. The van der Waals surface area contributed by atoms with Crippen LogP contribution in [0.5, 0.6) is 0 Å². The number of halogens is 1. The van der Waals surface area contributed by atoms with E-state index in [0.29, 0.717) is 18.5 Å². The number of carbonyl (C=O) groups is 1. The second kappa shape index (κ2) is 7.13. The highest BCUT2D eigenvalue weighted by Crippen LogP contribution is 2.26. The summed E-state index contributed by atoms with van der Waals surface area (Å²) < 4.78 is 14.4. The average molecular weight is 383 g/mol. The second-order valence-electron chi connectivity index (χ2n) is 7.94. The molecule has 1 amide bonds. The van der Waals surface area contributed by atoms with E-state index in [1.807, 2.05) is 26.8 Å². The van der Waals surface area contributed by atoms with Gasteiger partial charge >= 0.3 is 0 Å². The molecule has 1 aromatic carbocycles. The monoisotopic (exact) mass is 383 g/mol. The highest BCUT2D eigenvalue weighted by Gasteiger charge is 2.28. The quantitative estimate of drug-likeness (QED) is 0.861. The lowest BCUT2D eigenvalue weighted by molar-refractivity contribution is 0.0720. The molecule has 7 heteroatoms. The zero-order valence-corrected chi connectivity index (χ0v) is 16.6. The van der Waals surface area contributed by atoms with Gasteiger partial charge in [-0.3, -0.25) is 4.79 Å². The van der Waals surface area contributed by atoms with E-state index in [9.17, 15) is 9.18 Å². The van der Waals surface area contributed by atoms with Crippen molar-refractivity contribution in [3.05, 3.63) is 51.7 Å². The first-order valence-corrected chi connectivity index (χ1v) is 9.76. The van der Waals surface area contributed by atoms with Gasteiger partial charge in [0.25, 0.3) is 5.91 Å². The van der Waals surface area contributed by atoms with Gasteiger partial charge in [0.15, 0.2) is 0 Å². The molecule has 1 saturated heterocycles. The molecule has 2 aliphatic heterocycles. The highest BCUT2D eigenvalue weighted by atomic mass is 19.1. The van der Waals surface area contributed by atoms with Gasteiger partial charge in [-0.25, -0.2) is 14.4 Å². The lowest BCUT2D eigenvalue weighted by atomic mass is 9.97. The molecule has 2 aromatic rings. The summed E-state index contributed by atoms with van der Waals surface area (Å²) in [4.78, 5) is 25.9. The van der Waals surface area contributed by atoms with Crippen LogP contribution in [-0.2, 0) is 13.0 Å². The third-order valence-corrected chi connectivity index (χ3v) is 5.80. The van der Waals surface area contributed by atoms with Crippen LogP contribution in [0.2, 0.25) is 0 Å². The molecule has 0 unspecified atom stereocenters. The fraction of sp³-hybridized carbons (Fsp3) is 0.476. The predicted molar refractivity (Wildman–Crippen MR) is 106 cm³/mol. The Bertz CT molecular complexity index is 945. The van der Waals surface area contributed by atoms with Crippen LogP contribution in [0.1, 0.15) is 45.0 Å². The minimum Gasteiger partial charge on any atom is -0.355 e. The fourth-order valence-corrected chi connectivity index (χ4v) is 4.08. The minimum absolute atomic E-state index is 0.124. The number of hydrogen-bond acceptors (Lipinski definition) is 5. The van der Waals surface area contributed by atoms with Gasteiger partial charge in [-0.2, -0.15) is 0 Å². The van der Waals surface area contributed by atoms with E-state index in [2.05, 4.69) is 14.9 Å². The van der Waals surface area contributed by atoms with E-state index >= 15 is 0 Å². The van der Waals surface area contributed by atoms with Gasteiger partial charge in [-0.05, 0) is 50.8 Å². The highest BCUT2D eigenvalue weighted by molar-refractivity contribution is 5.91. The Morgan fingerprint density at radius 2 is 2.00 bits per heavy atom. The molecule has 2 aliphatic rings. The van der Waals surface area contributed by atoms with Crippen molar-refractivity contribution in [2.75, 3.05) is 24.5 Å². The molecule has 2 N–H and O–H groups in total. The van der Waals surface area contributed by atoms with Gasteiger partial charge in [0.1, 0.15) is 11.6 Å². The molecule has 0 saturated carbocycles. The van der Waals surface area contributed by atoms with Crippen molar-refractivity contribution in [3.63, 3.8) is 0 Å². The number of aromatic nitrogens is 2. The topological polar surface area (TPSA) is 75.4 Å². The summed E-state index contributed by atoms with van der Waals surface area (Å²) in [5, 5.41) is 0. The number of amides is 1. The van der Waals surface area contributed by atoms with Crippen molar-refractivity contribution >= 4 is 11.7 Å². The van der Waals surface area contributed by atoms with E-state index in [1.54, 1.807) is 4.90 Å². The number of aryl methyl sites for hydroxylation is 2. The van der Waals surface area contributed by atoms with Gasteiger partial charge in [0.05, 0.1) is 0 Å². The lowest BCUT2D eigenvalue weighted by Crippen LogP contribution is -2.38. The fourth-order valence-electron chi connectivity index (χ4n) is 4.08. The van der Waals surface area contributed by atoms with Crippen molar-refractivity contribution in [1.29, 1.82) is 0 Å². The number of benzene rings is 1. The molecule has 6 nitrogen and oxygen atoms in total. The van der Waals surface area contributed by atoms with Crippen molar-refractivity contribution in [3.8, 4) is 0 Å². The summed E-state index contributed by atoms with van der Waals surface area (Å²) >= 11 is 0. The number of carbonyl (C=O) groups excluding carboxylic acids is 1. The first-order valence-electron chi connectivity index (χ1n) is 9.76. The molecule has 28 heavy (non-hydrogen) atoms. The van der Waals surface area contributed by atoms with E-state index in [4.69, 9.17) is 5.73 Å². The van der Waals surface area contributed by atoms with Crippen molar-refractivity contribution in [1.82, 2.24) is 14.9 Å². The van der Waals surface area contributed by atoms with Crippen molar-refractivity contribution in [2.45, 2.75) is 46.2 Å². The maximum Gasteiger partial charge on any atom is 0.292 e. The van der Waals surface area contributed by atoms with Crippen LogP contribution in [0.15, 0.2) is 12.1 Å². The number of nitrogens with zero attached hydrogens (tertiary/aromatic N) is 4. The SMILES string of the molecule is Cc1cc(F)c2c(c1)CCN(C(=O)c1nc(C)c(C)c(N3CC[C@@H](N)C3)n1)C2. The minimum atomic E-state index is -0.251. The second-order valence-corrected chi connectivity index (χ2v) is 7.94. The molecule has 0 bridgehead atoms. The van der Waals surface area contributed by atoms with Crippen LogP contribution < -0.4 is 10.6 Å². The van der Waals surface area contributed by atoms with Crippen LogP contribution in [0.3, 0.4) is 0 Å². The van der Waals surface area contributed by atoms with E-state index in [1.165, 1.54) is 6.07 Å². The molecule has 148 valence electrons. The Hall–Kier alpha value is -2.54. The molecule has 0 aliphatic carbocycles. The Kier molecular flexibility index (Phi) is 4.79. The average Bonchev–Trinajstić information content (AvgIpc) is 3.09. The standard InChI is InChI=1S/C21H26FN5O/c1-12-8-15-4-6-27(11-17(15)18(22)9-12)21(28)19-24-14(3)13(2)20(25-19)26-7-5-16(23)10-26/h8-9,16H,4-7,10-11,23H2,1-3H3/t16-/m1/s1. The Labute approximate surface area is 164 Å². The summed E-state index contributed by atoms with van der Waals surface area (Å²) in [6, 6.07) is 3.65. The van der Waals surface area contributed by atoms with Crippen LogP contribution in [0, 0.1) is 26.6 Å². The summed E-state index contributed by atoms with van der Waals surface area (Å²) in [6.07, 6.45) is 1.55. The summed E-state index contributed by atoms with van der Waals surface area (Å²) in [6.45, 7) is 8.09. The first-order chi connectivity index (χ1) is 13.3. The molecule has 0 spiro atoms. The Morgan fingerprint density at radius 3 is 2.71 bits per heavy atom. The van der Waals surface area contributed by atoms with Crippen LogP contribution in [0.4, 0.5) is 10.2 Å². The van der Waals surface area contributed by atoms with Crippen LogP contribution in [-0.4, -0.2) is 46.5 Å². The molecular weight excluding hydrogens is 357 g/mol. The molecule has 4 rings (SSSR count). The van der Waals surface area contributed by atoms with E-state index < -0.39 is 0 Å². The summed E-state index contributed by atoms with van der Waals surface area (Å²) in [7, 11) is 0. The Balaban J connectivity index is 1.62. The van der Waals surface area contributed by atoms with Crippen molar-refractivity contribution < 1.29 is 9.18 Å². The first kappa shape index (κ1) is 18.8. The number of hydrogen-bond donors (Lipinski definition) is 1. The number of nitrogens with two attached hydrogens (primary N) is 1. The van der Waals surface area contributed by atoms with Crippen molar-refractivity contribution in [2.24, 2.45) is 5.73 Å². The molecule has 1 fully saturated rings. The number of rotatable bonds is 2. The molecule has 0 radical (unpaired) electrons. The van der Waals surface area contributed by atoms with Gasteiger partial charge in [0.2, 0.25) is 5.82 Å². The molecule has 1 atom stereocenters.